The normalized spacial score (nSPS) is 24.6. The molecule has 0 radical (unpaired) electrons. The summed E-state index contributed by atoms with van der Waals surface area (Å²) in [5.41, 5.74) is 2.60. The molecule has 30 heavy (non-hydrogen) atoms. The van der Waals surface area contributed by atoms with Crippen molar-refractivity contribution in [2.24, 2.45) is 22.7 Å². The summed E-state index contributed by atoms with van der Waals surface area (Å²) in [7, 11) is 0. The SMILES string of the molecule is CC1(C)CC(=O)C(C(c2ccc3c(c2)CCC3)C2C(=O)CC(C)(C)CC2=O)C(=O)C1. The fraction of sp³-hybridized carbons (Fsp3) is 0.615. The van der Waals surface area contributed by atoms with Crippen LogP contribution in [-0.4, -0.2) is 23.1 Å². The maximum absolute atomic E-state index is 13.2. The van der Waals surface area contributed by atoms with Crippen molar-refractivity contribution in [1.29, 1.82) is 0 Å². The maximum Gasteiger partial charge on any atom is 0.144 e. The molecule has 0 saturated heterocycles. The Balaban J connectivity index is 1.80. The number of benzene rings is 1. The number of hydrogen-bond donors (Lipinski definition) is 0. The molecule has 2 fully saturated rings. The van der Waals surface area contributed by atoms with Gasteiger partial charge in [0.25, 0.3) is 0 Å². The van der Waals surface area contributed by atoms with E-state index in [1.165, 1.54) is 11.1 Å². The van der Waals surface area contributed by atoms with Crippen molar-refractivity contribution in [3.05, 3.63) is 34.9 Å². The van der Waals surface area contributed by atoms with Gasteiger partial charge in [-0.3, -0.25) is 19.2 Å². The number of hydrogen-bond acceptors (Lipinski definition) is 4. The first-order valence-corrected chi connectivity index (χ1v) is 11.2. The third-order valence-corrected chi connectivity index (χ3v) is 7.22. The molecule has 3 aliphatic rings. The number of ketones is 4. The molecule has 4 rings (SSSR count). The van der Waals surface area contributed by atoms with Gasteiger partial charge in [0.2, 0.25) is 0 Å². The molecule has 1 aromatic carbocycles. The van der Waals surface area contributed by atoms with Crippen LogP contribution in [0.3, 0.4) is 0 Å². The van der Waals surface area contributed by atoms with E-state index in [0.717, 1.165) is 24.8 Å². The first-order valence-electron chi connectivity index (χ1n) is 11.2. The molecule has 160 valence electrons. The Morgan fingerprint density at radius 2 is 1.13 bits per heavy atom. The maximum atomic E-state index is 13.2. The van der Waals surface area contributed by atoms with Gasteiger partial charge < -0.3 is 0 Å². The molecule has 0 bridgehead atoms. The minimum Gasteiger partial charge on any atom is -0.299 e. The lowest BCUT2D eigenvalue weighted by Crippen LogP contribution is -2.48. The van der Waals surface area contributed by atoms with Gasteiger partial charge in [-0.15, -0.1) is 0 Å². The van der Waals surface area contributed by atoms with Crippen LogP contribution in [0.1, 0.15) is 82.4 Å². The lowest BCUT2D eigenvalue weighted by atomic mass is 9.59. The monoisotopic (exact) mass is 408 g/mol. The van der Waals surface area contributed by atoms with Crippen LogP contribution in [0.5, 0.6) is 0 Å². The van der Waals surface area contributed by atoms with E-state index in [0.29, 0.717) is 25.7 Å². The zero-order valence-corrected chi connectivity index (χ0v) is 18.5. The summed E-state index contributed by atoms with van der Waals surface area (Å²) in [5, 5.41) is 0. The highest BCUT2D eigenvalue weighted by molar-refractivity contribution is 6.11. The molecule has 0 amide bonds. The lowest BCUT2D eigenvalue weighted by Gasteiger charge is -2.41. The van der Waals surface area contributed by atoms with Crippen LogP contribution in [0.4, 0.5) is 0 Å². The van der Waals surface area contributed by atoms with E-state index in [4.69, 9.17) is 0 Å². The standard InChI is InChI=1S/C26H32O4/c1-25(2)11-18(27)23(19(28)12-25)22(17-9-8-15-6-5-7-16(15)10-17)24-20(29)13-26(3,4)14-21(24)30/h8-10,22-24H,5-7,11-14H2,1-4H3. The zero-order valence-electron chi connectivity index (χ0n) is 18.5. The third-order valence-electron chi connectivity index (χ3n) is 7.22. The minimum absolute atomic E-state index is 0.118. The molecule has 3 aliphatic carbocycles. The molecule has 4 nitrogen and oxygen atoms in total. The molecule has 1 aromatic rings. The smallest absolute Gasteiger partial charge is 0.144 e. The first kappa shape index (κ1) is 21.1. The van der Waals surface area contributed by atoms with Gasteiger partial charge >= 0.3 is 0 Å². The second kappa shape index (κ2) is 7.25. The van der Waals surface area contributed by atoms with Crippen molar-refractivity contribution in [3.63, 3.8) is 0 Å². The molecule has 0 aromatic heterocycles. The Morgan fingerprint density at radius 1 is 0.700 bits per heavy atom. The molecular formula is C26H32O4. The van der Waals surface area contributed by atoms with Gasteiger partial charge in [0, 0.05) is 31.6 Å². The van der Waals surface area contributed by atoms with Gasteiger partial charge in [0.05, 0.1) is 11.8 Å². The van der Waals surface area contributed by atoms with E-state index < -0.39 is 17.8 Å². The Morgan fingerprint density at radius 3 is 1.60 bits per heavy atom. The second-order valence-electron chi connectivity index (χ2n) is 11.3. The van der Waals surface area contributed by atoms with Crippen LogP contribution >= 0.6 is 0 Å². The second-order valence-corrected chi connectivity index (χ2v) is 11.3. The van der Waals surface area contributed by atoms with Crippen LogP contribution < -0.4 is 0 Å². The van der Waals surface area contributed by atoms with Crippen LogP contribution in [-0.2, 0) is 32.0 Å². The largest absolute Gasteiger partial charge is 0.299 e. The minimum atomic E-state index is -0.892. The van der Waals surface area contributed by atoms with Gasteiger partial charge in [-0.05, 0) is 46.8 Å². The van der Waals surface area contributed by atoms with E-state index in [1.807, 2.05) is 33.8 Å². The first-order chi connectivity index (χ1) is 14.0. The number of carbonyl (C=O) groups is 4. The predicted molar refractivity (Wildman–Crippen MR) is 114 cm³/mol. The molecular weight excluding hydrogens is 376 g/mol. The van der Waals surface area contributed by atoms with Gasteiger partial charge in [-0.2, -0.15) is 0 Å². The highest BCUT2D eigenvalue weighted by Crippen LogP contribution is 2.47. The highest BCUT2D eigenvalue weighted by atomic mass is 16.2. The third kappa shape index (κ3) is 3.81. The van der Waals surface area contributed by atoms with Gasteiger partial charge in [0.15, 0.2) is 0 Å². The molecule has 0 atom stereocenters. The molecule has 0 spiro atoms. The van der Waals surface area contributed by atoms with E-state index in [9.17, 15) is 19.2 Å². The van der Waals surface area contributed by atoms with E-state index in [-0.39, 0.29) is 34.0 Å². The van der Waals surface area contributed by atoms with E-state index in [2.05, 4.69) is 12.1 Å². The number of carbonyl (C=O) groups excluding carboxylic acids is 4. The number of aryl methyl sites for hydroxylation is 2. The van der Waals surface area contributed by atoms with Crippen LogP contribution in [0.2, 0.25) is 0 Å². The predicted octanol–water partition coefficient (Wildman–Crippen LogP) is 4.41. The van der Waals surface area contributed by atoms with Gasteiger partial charge in [-0.1, -0.05) is 45.9 Å². The van der Waals surface area contributed by atoms with E-state index in [1.54, 1.807) is 0 Å². The summed E-state index contributed by atoms with van der Waals surface area (Å²) in [6.07, 6.45) is 4.34. The molecule has 4 heteroatoms. The topological polar surface area (TPSA) is 68.3 Å². The average Bonchev–Trinajstić information content (AvgIpc) is 3.04. The molecule has 0 aliphatic heterocycles. The Hall–Kier alpha value is -2.10. The zero-order chi connectivity index (χ0) is 21.8. The summed E-state index contributed by atoms with van der Waals surface area (Å²) < 4.78 is 0. The number of Topliss-reactive ketones (excluding diaryl/α,β-unsaturated/α-hetero) is 4. The Bertz CT molecular complexity index is 848. The highest BCUT2D eigenvalue weighted by Gasteiger charge is 2.52. The van der Waals surface area contributed by atoms with Gasteiger partial charge in [0.1, 0.15) is 23.1 Å². The van der Waals surface area contributed by atoms with Crippen LogP contribution in [0, 0.1) is 22.7 Å². The fourth-order valence-electron chi connectivity index (χ4n) is 5.99. The summed E-state index contributed by atoms with van der Waals surface area (Å²) in [6.45, 7) is 7.73. The van der Waals surface area contributed by atoms with Crippen molar-refractivity contribution in [2.45, 2.75) is 78.6 Å². The molecule has 0 heterocycles. The van der Waals surface area contributed by atoms with Crippen molar-refractivity contribution < 1.29 is 19.2 Å². The number of rotatable bonds is 3. The lowest BCUT2D eigenvalue weighted by molar-refractivity contribution is -0.145. The Kier molecular flexibility index (Phi) is 5.11. The summed E-state index contributed by atoms with van der Waals surface area (Å²) in [4.78, 5) is 52.8. The van der Waals surface area contributed by atoms with Crippen molar-refractivity contribution in [2.75, 3.05) is 0 Å². The summed E-state index contributed by atoms with van der Waals surface area (Å²) >= 11 is 0. The van der Waals surface area contributed by atoms with Crippen molar-refractivity contribution in [3.8, 4) is 0 Å². The van der Waals surface area contributed by atoms with Crippen molar-refractivity contribution >= 4 is 23.1 Å². The van der Waals surface area contributed by atoms with Crippen LogP contribution in [0.15, 0.2) is 18.2 Å². The molecule has 0 unspecified atom stereocenters. The quantitative estimate of drug-likeness (QED) is 0.695. The molecule has 2 saturated carbocycles. The average molecular weight is 409 g/mol. The summed E-state index contributed by atoms with van der Waals surface area (Å²) in [5.74, 6) is -2.92. The van der Waals surface area contributed by atoms with Crippen molar-refractivity contribution in [1.82, 2.24) is 0 Å². The molecule has 0 N–H and O–H groups in total. The number of fused-ring (bicyclic) bond motifs is 1. The fourth-order valence-corrected chi connectivity index (χ4v) is 5.99. The summed E-state index contributed by atoms with van der Waals surface area (Å²) in [6, 6.07) is 6.08. The van der Waals surface area contributed by atoms with Gasteiger partial charge in [-0.25, -0.2) is 0 Å². The van der Waals surface area contributed by atoms with E-state index >= 15 is 0 Å². The van der Waals surface area contributed by atoms with Crippen LogP contribution in [0.25, 0.3) is 0 Å². The Labute approximate surface area is 178 Å².